The molecule has 0 bridgehead atoms. The number of fused-ring (bicyclic) bond motifs is 4. The zero-order chi connectivity index (χ0) is 47.8. The summed E-state index contributed by atoms with van der Waals surface area (Å²) in [5, 5.41) is 2.51. The van der Waals surface area contributed by atoms with E-state index in [4.69, 9.17) is 0 Å². The molecule has 1 nitrogen and oxygen atoms in total. The molecule has 0 aromatic heterocycles. The standard InChI is InChI=1S/C71H49N/c1-4-17-50(18-5-1)52-35-38-56(39-36-52)65-27-13-15-30-70(65)72(64-45-46-67-66-28-12-14-29-68(66)71(69(67)49-64,61-23-6-2-7-24-61)62-25-8-3-9-26-62)63-43-41-54(42-44-63)53-31-33-55(34-32-53)58-21-16-22-59(47-58)60-40-37-51-19-10-11-20-57(51)48-60/h1-49H. The largest absolute Gasteiger partial charge is 0.310 e. The first kappa shape index (κ1) is 42.8. The van der Waals surface area contributed by atoms with Crippen LogP contribution in [0.1, 0.15) is 22.3 Å². The summed E-state index contributed by atoms with van der Waals surface area (Å²) in [5.41, 5.74) is 22.2. The lowest BCUT2D eigenvalue weighted by Crippen LogP contribution is -2.28. The summed E-state index contributed by atoms with van der Waals surface area (Å²) in [6.07, 6.45) is 0. The van der Waals surface area contributed by atoms with Crippen LogP contribution in [-0.2, 0) is 5.41 Å². The van der Waals surface area contributed by atoms with Crippen LogP contribution in [-0.4, -0.2) is 0 Å². The van der Waals surface area contributed by atoms with Crippen LogP contribution in [0.2, 0.25) is 0 Å². The normalized spacial score (nSPS) is 12.3. The van der Waals surface area contributed by atoms with Crippen LogP contribution in [0.15, 0.2) is 297 Å². The molecule has 338 valence electrons. The molecular formula is C71H49N. The SMILES string of the molecule is c1ccc(-c2ccc(-c3ccccc3N(c3ccc(-c4ccc(-c5cccc(-c6ccc7ccccc7c6)c5)cc4)cc3)c3ccc4c(c3)C(c3ccccc3)(c3ccccc3)c3ccccc3-4)cc2)cc1. The van der Waals surface area contributed by atoms with E-state index in [0.29, 0.717) is 0 Å². The lowest BCUT2D eigenvalue weighted by atomic mass is 9.67. The zero-order valence-corrected chi connectivity index (χ0v) is 39.7. The molecule has 0 saturated carbocycles. The van der Waals surface area contributed by atoms with Gasteiger partial charge in [-0.05, 0) is 137 Å². The third-order valence-electron chi connectivity index (χ3n) is 14.8. The molecule has 0 N–H and O–H groups in total. The van der Waals surface area contributed by atoms with Crippen molar-refractivity contribution in [2.75, 3.05) is 4.90 Å². The molecule has 0 saturated heterocycles. The Bertz CT molecular complexity index is 3840. The van der Waals surface area contributed by atoms with Gasteiger partial charge in [0.15, 0.2) is 0 Å². The number of anilines is 3. The van der Waals surface area contributed by atoms with Crippen molar-refractivity contribution in [2.45, 2.75) is 5.41 Å². The molecule has 0 fully saturated rings. The summed E-state index contributed by atoms with van der Waals surface area (Å²) in [7, 11) is 0. The van der Waals surface area contributed by atoms with Gasteiger partial charge in [-0.3, -0.25) is 0 Å². The molecule has 72 heavy (non-hydrogen) atoms. The number of hydrogen-bond acceptors (Lipinski definition) is 1. The Hall–Kier alpha value is -9.30. The molecule has 12 aromatic carbocycles. The van der Waals surface area contributed by atoms with E-state index in [2.05, 4.69) is 302 Å². The van der Waals surface area contributed by atoms with Crippen molar-refractivity contribution < 1.29 is 0 Å². The molecule has 0 heterocycles. The van der Waals surface area contributed by atoms with Gasteiger partial charge in [-0.2, -0.15) is 0 Å². The van der Waals surface area contributed by atoms with E-state index in [9.17, 15) is 0 Å². The Labute approximate surface area is 422 Å². The van der Waals surface area contributed by atoms with Gasteiger partial charge in [0.25, 0.3) is 0 Å². The minimum atomic E-state index is -0.531. The first-order chi connectivity index (χ1) is 35.7. The van der Waals surface area contributed by atoms with Crippen molar-refractivity contribution >= 4 is 27.8 Å². The molecule has 0 unspecified atom stereocenters. The minimum Gasteiger partial charge on any atom is -0.310 e. The minimum absolute atomic E-state index is 0.531. The summed E-state index contributed by atoms with van der Waals surface area (Å²) in [4.78, 5) is 2.46. The van der Waals surface area contributed by atoms with Crippen molar-refractivity contribution in [1.29, 1.82) is 0 Å². The van der Waals surface area contributed by atoms with Crippen molar-refractivity contribution in [3.8, 4) is 66.8 Å². The highest BCUT2D eigenvalue weighted by molar-refractivity contribution is 5.93. The van der Waals surface area contributed by atoms with E-state index in [1.807, 2.05) is 0 Å². The van der Waals surface area contributed by atoms with Crippen molar-refractivity contribution in [2.24, 2.45) is 0 Å². The van der Waals surface area contributed by atoms with E-state index in [1.54, 1.807) is 0 Å². The molecule has 12 aromatic rings. The fraction of sp³-hybridized carbons (Fsp3) is 0.0141. The Kier molecular flexibility index (Phi) is 10.8. The zero-order valence-electron chi connectivity index (χ0n) is 39.7. The van der Waals surface area contributed by atoms with Gasteiger partial charge in [0.05, 0.1) is 11.1 Å². The Balaban J connectivity index is 0.915. The van der Waals surface area contributed by atoms with Crippen molar-refractivity contribution in [3.63, 3.8) is 0 Å². The van der Waals surface area contributed by atoms with E-state index >= 15 is 0 Å². The van der Waals surface area contributed by atoms with Crippen molar-refractivity contribution in [3.05, 3.63) is 320 Å². The summed E-state index contributed by atoms with van der Waals surface area (Å²) in [6, 6.07) is 109. The van der Waals surface area contributed by atoms with E-state index in [0.717, 1.165) is 33.8 Å². The van der Waals surface area contributed by atoms with E-state index in [1.165, 1.54) is 83.1 Å². The molecule has 0 atom stereocenters. The number of benzene rings is 12. The number of para-hydroxylation sites is 1. The van der Waals surface area contributed by atoms with Gasteiger partial charge in [-0.25, -0.2) is 0 Å². The lowest BCUT2D eigenvalue weighted by molar-refractivity contribution is 0.768. The highest BCUT2D eigenvalue weighted by Gasteiger charge is 2.46. The Morgan fingerprint density at radius 2 is 0.653 bits per heavy atom. The molecule has 1 heteroatoms. The maximum atomic E-state index is 2.46. The first-order valence-electron chi connectivity index (χ1n) is 24.9. The van der Waals surface area contributed by atoms with Crippen LogP contribution < -0.4 is 4.90 Å². The van der Waals surface area contributed by atoms with Crippen LogP contribution in [0.3, 0.4) is 0 Å². The van der Waals surface area contributed by atoms with Gasteiger partial charge in [-0.15, -0.1) is 0 Å². The van der Waals surface area contributed by atoms with Crippen molar-refractivity contribution in [1.82, 2.24) is 0 Å². The van der Waals surface area contributed by atoms with Crippen LogP contribution in [0.4, 0.5) is 17.1 Å². The molecule has 0 radical (unpaired) electrons. The smallest absolute Gasteiger partial charge is 0.0714 e. The molecule has 0 aliphatic heterocycles. The summed E-state index contributed by atoms with van der Waals surface area (Å²) < 4.78 is 0. The first-order valence-corrected chi connectivity index (χ1v) is 24.9. The van der Waals surface area contributed by atoms with Crippen LogP contribution >= 0.6 is 0 Å². The summed E-state index contributed by atoms with van der Waals surface area (Å²) in [5.74, 6) is 0. The fourth-order valence-electron chi connectivity index (χ4n) is 11.3. The number of nitrogens with zero attached hydrogens (tertiary/aromatic N) is 1. The average molecular weight is 916 g/mol. The lowest BCUT2D eigenvalue weighted by Gasteiger charge is -2.35. The number of hydrogen-bond donors (Lipinski definition) is 0. The fourth-order valence-corrected chi connectivity index (χ4v) is 11.3. The van der Waals surface area contributed by atoms with E-state index < -0.39 is 5.41 Å². The third kappa shape index (κ3) is 7.51. The molecule has 0 amide bonds. The second kappa shape index (κ2) is 18.2. The summed E-state index contributed by atoms with van der Waals surface area (Å²) >= 11 is 0. The van der Waals surface area contributed by atoms with Gasteiger partial charge >= 0.3 is 0 Å². The predicted octanol–water partition coefficient (Wildman–Crippen LogP) is 19.0. The monoisotopic (exact) mass is 915 g/mol. The van der Waals surface area contributed by atoms with Gasteiger partial charge in [0, 0.05) is 16.9 Å². The Morgan fingerprint density at radius 3 is 1.32 bits per heavy atom. The quantitative estimate of drug-likeness (QED) is 0.132. The third-order valence-corrected chi connectivity index (χ3v) is 14.8. The predicted molar refractivity (Wildman–Crippen MR) is 303 cm³/mol. The highest BCUT2D eigenvalue weighted by Crippen LogP contribution is 2.57. The average Bonchev–Trinajstić information content (AvgIpc) is 3.76. The second-order valence-corrected chi connectivity index (χ2v) is 18.8. The molecule has 1 aliphatic rings. The highest BCUT2D eigenvalue weighted by atomic mass is 15.1. The van der Waals surface area contributed by atoms with E-state index in [-0.39, 0.29) is 0 Å². The molecular weight excluding hydrogens is 867 g/mol. The maximum absolute atomic E-state index is 2.46. The second-order valence-electron chi connectivity index (χ2n) is 18.8. The summed E-state index contributed by atoms with van der Waals surface area (Å²) in [6.45, 7) is 0. The van der Waals surface area contributed by atoms with Crippen LogP contribution in [0, 0.1) is 0 Å². The molecule has 0 spiro atoms. The van der Waals surface area contributed by atoms with Gasteiger partial charge in [0.1, 0.15) is 0 Å². The molecule has 1 aliphatic carbocycles. The van der Waals surface area contributed by atoms with Gasteiger partial charge in [-0.1, -0.05) is 255 Å². The molecule has 13 rings (SSSR count). The van der Waals surface area contributed by atoms with Crippen LogP contribution in [0.25, 0.3) is 77.5 Å². The van der Waals surface area contributed by atoms with Crippen LogP contribution in [0.5, 0.6) is 0 Å². The Morgan fingerprint density at radius 1 is 0.222 bits per heavy atom. The maximum Gasteiger partial charge on any atom is 0.0714 e. The topological polar surface area (TPSA) is 3.24 Å². The number of rotatable bonds is 10. The van der Waals surface area contributed by atoms with Gasteiger partial charge in [0.2, 0.25) is 0 Å². The van der Waals surface area contributed by atoms with Gasteiger partial charge < -0.3 is 4.90 Å².